The number of para-hydroxylation sites is 1. The summed E-state index contributed by atoms with van der Waals surface area (Å²) in [4.78, 5) is 35.5. The zero-order valence-corrected chi connectivity index (χ0v) is 14.7. The van der Waals surface area contributed by atoms with Gasteiger partial charge in [0.05, 0.1) is 12.1 Å². The van der Waals surface area contributed by atoms with Crippen molar-refractivity contribution in [1.29, 1.82) is 0 Å². The summed E-state index contributed by atoms with van der Waals surface area (Å²) in [5.41, 5.74) is 0.544. The van der Waals surface area contributed by atoms with Crippen LogP contribution in [0.5, 0.6) is 0 Å². The Balaban J connectivity index is 1.97. The normalized spacial score (nSPS) is 11.1. The molecule has 27 heavy (non-hydrogen) atoms. The van der Waals surface area contributed by atoms with E-state index in [9.17, 15) is 27.6 Å². The zero-order chi connectivity index (χ0) is 20.2. The molecule has 2 amide bonds. The van der Waals surface area contributed by atoms with Crippen LogP contribution in [0.3, 0.4) is 0 Å². The molecule has 1 aromatic carbocycles. The highest BCUT2D eigenvalue weighted by molar-refractivity contribution is 5.95. The number of benzene rings is 1. The standard InChI is InChI=1S/C18H18F3N3O3/c1-11-4-3-5-12(2)17(11)23-14(25)8-22-15(26)10-24-9-13(18(19,20)21)6-7-16(24)27/h3-7,9H,8,10H2,1-2H3,(H,22,26)(H,23,25). The second-order valence-corrected chi connectivity index (χ2v) is 5.97. The van der Waals surface area contributed by atoms with Crippen molar-refractivity contribution < 1.29 is 22.8 Å². The lowest BCUT2D eigenvalue weighted by Crippen LogP contribution is -2.37. The number of aryl methyl sites for hydroxylation is 2. The molecule has 2 aromatic rings. The van der Waals surface area contributed by atoms with E-state index in [1.807, 2.05) is 32.0 Å². The van der Waals surface area contributed by atoms with E-state index in [-0.39, 0.29) is 6.54 Å². The van der Waals surface area contributed by atoms with Gasteiger partial charge in [-0.3, -0.25) is 14.4 Å². The van der Waals surface area contributed by atoms with Crippen LogP contribution in [-0.2, 0) is 22.3 Å². The van der Waals surface area contributed by atoms with Gasteiger partial charge in [0.1, 0.15) is 6.54 Å². The predicted molar refractivity (Wildman–Crippen MR) is 93.3 cm³/mol. The van der Waals surface area contributed by atoms with Crippen molar-refractivity contribution in [3.63, 3.8) is 0 Å². The van der Waals surface area contributed by atoms with Gasteiger partial charge in [-0.1, -0.05) is 18.2 Å². The maximum atomic E-state index is 12.7. The van der Waals surface area contributed by atoms with E-state index in [0.717, 1.165) is 17.2 Å². The minimum absolute atomic E-state index is 0.375. The Bertz CT molecular complexity index is 900. The van der Waals surface area contributed by atoms with Crippen LogP contribution in [0.25, 0.3) is 0 Å². The highest BCUT2D eigenvalue weighted by Crippen LogP contribution is 2.27. The van der Waals surface area contributed by atoms with Crippen LogP contribution >= 0.6 is 0 Å². The van der Waals surface area contributed by atoms with Crippen molar-refractivity contribution >= 4 is 17.5 Å². The van der Waals surface area contributed by atoms with E-state index in [1.54, 1.807) is 0 Å². The van der Waals surface area contributed by atoms with Crippen molar-refractivity contribution in [2.45, 2.75) is 26.6 Å². The number of carbonyl (C=O) groups excluding carboxylic acids is 2. The number of nitrogens with zero attached hydrogens (tertiary/aromatic N) is 1. The minimum atomic E-state index is -4.63. The molecule has 0 bridgehead atoms. The van der Waals surface area contributed by atoms with Gasteiger partial charge in [-0.2, -0.15) is 13.2 Å². The molecule has 2 N–H and O–H groups in total. The number of rotatable bonds is 5. The predicted octanol–water partition coefficient (Wildman–Crippen LogP) is 2.24. The van der Waals surface area contributed by atoms with E-state index in [1.165, 1.54) is 0 Å². The Labute approximate surface area is 153 Å². The van der Waals surface area contributed by atoms with Gasteiger partial charge < -0.3 is 15.2 Å². The van der Waals surface area contributed by atoms with Crippen LogP contribution < -0.4 is 16.2 Å². The Morgan fingerprint density at radius 2 is 1.67 bits per heavy atom. The molecular weight excluding hydrogens is 363 g/mol. The second kappa shape index (κ2) is 8.07. The maximum absolute atomic E-state index is 12.7. The van der Waals surface area contributed by atoms with Gasteiger partial charge in [-0.15, -0.1) is 0 Å². The molecular formula is C18H18F3N3O3. The fourth-order valence-corrected chi connectivity index (χ4v) is 2.41. The van der Waals surface area contributed by atoms with Crippen LogP contribution in [0.2, 0.25) is 0 Å². The first-order chi connectivity index (χ1) is 12.6. The molecule has 2 rings (SSSR count). The van der Waals surface area contributed by atoms with Gasteiger partial charge in [0.25, 0.3) is 5.56 Å². The summed E-state index contributed by atoms with van der Waals surface area (Å²) in [5, 5.41) is 4.95. The molecule has 0 saturated carbocycles. The third-order valence-electron chi connectivity index (χ3n) is 3.82. The molecule has 144 valence electrons. The van der Waals surface area contributed by atoms with Crippen molar-refractivity contribution in [1.82, 2.24) is 9.88 Å². The topological polar surface area (TPSA) is 80.2 Å². The number of alkyl halides is 3. The molecule has 0 atom stereocenters. The molecule has 0 spiro atoms. The smallest absolute Gasteiger partial charge is 0.345 e. The van der Waals surface area contributed by atoms with Gasteiger partial charge in [-0.25, -0.2) is 0 Å². The van der Waals surface area contributed by atoms with Crippen LogP contribution in [0.15, 0.2) is 41.3 Å². The molecule has 6 nitrogen and oxygen atoms in total. The first-order valence-corrected chi connectivity index (χ1v) is 7.98. The Kier molecular flexibility index (Phi) is 6.04. The first kappa shape index (κ1) is 20.2. The average molecular weight is 381 g/mol. The molecule has 9 heteroatoms. The molecule has 0 aliphatic heterocycles. The van der Waals surface area contributed by atoms with E-state index >= 15 is 0 Å². The molecule has 0 aliphatic rings. The number of pyridine rings is 1. The summed E-state index contributed by atoms with van der Waals surface area (Å²) in [5.74, 6) is -1.25. The Morgan fingerprint density at radius 1 is 1.04 bits per heavy atom. The Hall–Kier alpha value is -3.10. The lowest BCUT2D eigenvalue weighted by Gasteiger charge is -2.13. The van der Waals surface area contributed by atoms with Crippen molar-refractivity contribution in [3.05, 3.63) is 63.6 Å². The summed E-state index contributed by atoms with van der Waals surface area (Å²) >= 11 is 0. The number of amides is 2. The maximum Gasteiger partial charge on any atom is 0.417 e. The number of anilines is 1. The number of aromatic nitrogens is 1. The van der Waals surface area contributed by atoms with Crippen LogP contribution in [0.1, 0.15) is 16.7 Å². The quantitative estimate of drug-likeness (QED) is 0.834. The van der Waals surface area contributed by atoms with E-state index in [0.29, 0.717) is 22.5 Å². The molecule has 1 aromatic heterocycles. The number of nitrogens with one attached hydrogen (secondary N) is 2. The van der Waals surface area contributed by atoms with E-state index < -0.39 is 35.7 Å². The van der Waals surface area contributed by atoms with Gasteiger partial charge in [0, 0.05) is 18.0 Å². The van der Waals surface area contributed by atoms with Crippen molar-refractivity contribution in [3.8, 4) is 0 Å². The monoisotopic (exact) mass is 381 g/mol. The van der Waals surface area contributed by atoms with Crippen molar-refractivity contribution in [2.24, 2.45) is 0 Å². The molecule has 0 fully saturated rings. The fourth-order valence-electron chi connectivity index (χ4n) is 2.41. The van der Waals surface area contributed by atoms with Gasteiger partial charge in [-0.05, 0) is 31.0 Å². The van der Waals surface area contributed by atoms with Gasteiger partial charge in [0.15, 0.2) is 0 Å². The summed E-state index contributed by atoms with van der Waals surface area (Å²) in [6.07, 6.45) is -4.06. The number of hydrogen-bond donors (Lipinski definition) is 2. The zero-order valence-electron chi connectivity index (χ0n) is 14.7. The number of hydrogen-bond acceptors (Lipinski definition) is 3. The average Bonchev–Trinajstić information content (AvgIpc) is 2.57. The summed E-state index contributed by atoms with van der Waals surface area (Å²) in [6, 6.07) is 6.87. The number of carbonyl (C=O) groups is 2. The first-order valence-electron chi connectivity index (χ1n) is 7.98. The molecule has 0 radical (unpaired) electrons. The third-order valence-corrected chi connectivity index (χ3v) is 3.82. The largest absolute Gasteiger partial charge is 0.417 e. The third kappa shape index (κ3) is 5.44. The van der Waals surface area contributed by atoms with Crippen LogP contribution in [0, 0.1) is 13.8 Å². The highest BCUT2D eigenvalue weighted by atomic mass is 19.4. The van der Waals surface area contributed by atoms with E-state index in [4.69, 9.17) is 0 Å². The lowest BCUT2D eigenvalue weighted by molar-refractivity contribution is -0.138. The van der Waals surface area contributed by atoms with Crippen LogP contribution in [-0.4, -0.2) is 22.9 Å². The van der Waals surface area contributed by atoms with E-state index in [2.05, 4.69) is 10.6 Å². The summed E-state index contributed by atoms with van der Waals surface area (Å²) in [6.45, 7) is 2.64. The SMILES string of the molecule is Cc1cccc(C)c1NC(=O)CNC(=O)Cn1cc(C(F)(F)F)ccc1=O. The summed E-state index contributed by atoms with van der Waals surface area (Å²) < 4.78 is 38.7. The second-order valence-electron chi connectivity index (χ2n) is 5.97. The fraction of sp³-hybridized carbons (Fsp3) is 0.278. The lowest BCUT2D eigenvalue weighted by atomic mass is 10.1. The number of halogens is 3. The van der Waals surface area contributed by atoms with Gasteiger partial charge in [0.2, 0.25) is 11.8 Å². The summed E-state index contributed by atoms with van der Waals surface area (Å²) in [7, 11) is 0. The van der Waals surface area contributed by atoms with Crippen molar-refractivity contribution in [2.75, 3.05) is 11.9 Å². The Morgan fingerprint density at radius 3 is 2.26 bits per heavy atom. The molecule has 0 unspecified atom stereocenters. The molecule has 0 aliphatic carbocycles. The molecule has 0 saturated heterocycles. The minimum Gasteiger partial charge on any atom is -0.345 e. The molecule has 1 heterocycles. The van der Waals surface area contributed by atoms with Gasteiger partial charge >= 0.3 is 6.18 Å². The van der Waals surface area contributed by atoms with Crippen LogP contribution in [0.4, 0.5) is 18.9 Å². The highest BCUT2D eigenvalue weighted by Gasteiger charge is 2.31.